The largest absolute Gasteiger partial charge is 0.337 e. The van der Waals surface area contributed by atoms with Crippen LogP contribution in [-0.4, -0.2) is 33.7 Å². The zero-order valence-corrected chi connectivity index (χ0v) is 13.1. The van der Waals surface area contributed by atoms with Gasteiger partial charge in [-0.25, -0.2) is 0 Å². The lowest BCUT2D eigenvalue weighted by Gasteiger charge is -2.26. The maximum absolute atomic E-state index is 12.8. The Labute approximate surface area is 128 Å². The number of aryl methyl sites for hydroxylation is 2. The van der Waals surface area contributed by atoms with Crippen molar-refractivity contribution in [3.05, 3.63) is 27.6 Å². The molecule has 0 spiro atoms. The minimum atomic E-state index is 0.130. The Morgan fingerprint density at radius 1 is 1.24 bits per heavy atom. The Morgan fingerprint density at radius 2 is 2.05 bits per heavy atom. The highest BCUT2D eigenvalue weighted by molar-refractivity contribution is 7.10. The van der Waals surface area contributed by atoms with Crippen LogP contribution in [0, 0.1) is 0 Å². The highest BCUT2D eigenvalue weighted by Gasteiger charge is 2.30. The van der Waals surface area contributed by atoms with Crippen molar-refractivity contribution in [1.82, 2.24) is 14.7 Å². The van der Waals surface area contributed by atoms with Crippen LogP contribution in [0.25, 0.3) is 11.3 Å². The Hall–Kier alpha value is -1.62. The molecule has 0 aromatic carbocycles. The molecule has 110 valence electrons. The van der Waals surface area contributed by atoms with Gasteiger partial charge in [0, 0.05) is 36.1 Å². The van der Waals surface area contributed by atoms with Gasteiger partial charge < -0.3 is 4.90 Å². The zero-order chi connectivity index (χ0) is 14.4. The van der Waals surface area contributed by atoms with Crippen molar-refractivity contribution in [2.24, 2.45) is 7.05 Å². The smallest absolute Gasteiger partial charge is 0.274 e. The zero-order valence-electron chi connectivity index (χ0n) is 12.3. The number of fused-ring (bicyclic) bond motifs is 3. The molecule has 0 radical (unpaired) electrons. The van der Waals surface area contributed by atoms with Crippen LogP contribution in [0.15, 0.2) is 11.4 Å². The lowest BCUT2D eigenvalue weighted by Crippen LogP contribution is -2.36. The Kier molecular flexibility index (Phi) is 3.10. The Morgan fingerprint density at radius 3 is 2.86 bits per heavy atom. The molecule has 1 fully saturated rings. The number of hydrogen-bond acceptors (Lipinski definition) is 3. The number of thiophene rings is 1. The second-order valence-electron chi connectivity index (χ2n) is 5.91. The summed E-state index contributed by atoms with van der Waals surface area (Å²) >= 11 is 1.81. The predicted octanol–water partition coefficient (Wildman–Crippen LogP) is 2.87. The number of piperidine rings is 1. The van der Waals surface area contributed by atoms with Gasteiger partial charge in [-0.3, -0.25) is 9.48 Å². The fourth-order valence-corrected chi connectivity index (χ4v) is 4.42. The molecular weight excluding hydrogens is 282 g/mol. The van der Waals surface area contributed by atoms with E-state index in [4.69, 9.17) is 0 Å². The molecule has 2 aromatic heterocycles. The highest BCUT2D eigenvalue weighted by Crippen LogP contribution is 2.38. The Balaban J connectivity index is 1.75. The number of amides is 1. The minimum Gasteiger partial charge on any atom is -0.337 e. The van der Waals surface area contributed by atoms with Gasteiger partial charge in [0.15, 0.2) is 5.69 Å². The molecule has 5 heteroatoms. The van der Waals surface area contributed by atoms with Crippen LogP contribution in [0.4, 0.5) is 0 Å². The first-order valence-corrected chi connectivity index (χ1v) is 8.55. The number of nitrogens with zero attached hydrogens (tertiary/aromatic N) is 3. The highest BCUT2D eigenvalue weighted by atomic mass is 32.1. The molecule has 2 aromatic rings. The van der Waals surface area contributed by atoms with E-state index in [1.165, 1.54) is 16.9 Å². The second-order valence-corrected chi connectivity index (χ2v) is 6.91. The van der Waals surface area contributed by atoms with Crippen LogP contribution in [0.1, 0.15) is 40.2 Å². The third-order valence-corrected chi connectivity index (χ3v) is 5.57. The molecule has 0 saturated carbocycles. The standard InChI is InChI=1S/C16H19N3OS/c1-18-15-11-7-10-21-13(11)6-5-12(15)14(17-18)16(20)19-8-3-2-4-9-19/h7,10H,2-6,8-9H2,1H3. The Bertz CT molecular complexity index is 694. The fourth-order valence-electron chi connectivity index (χ4n) is 3.54. The van der Waals surface area contributed by atoms with Crippen LogP contribution >= 0.6 is 11.3 Å². The lowest BCUT2D eigenvalue weighted by atomic mass is 9.94. The molecule has 0 unspecified atom stereocenters. The molecule has 0 atom stereocenters. The normalized spacial score (nSPS) is 17.5. The molecule has 2 aliphatic rings. The molecule has 0 N–H and O–H groups in total. The predicted molar refractivity (Wildman–Crippen MR) is 83.7 cm³/mol. The summed E-state index contributed by atoms with van der Waals surface area (Å²) < 4.78 is 1.90. The summed E-state index contributed by atoms with van der Waals surface area (Å²) in [7, 11) is 1.96. The SMILES string of the molecule is Cn1nc(C(=O)N2CCCCC2)c2c1-c1ccsc1CC2. The third-order valence-electron chi connectivity index (χ3n) is 4.59. The van der Waals surface area contributed by atoms with Crippen molar-refractivity contribution in [2.45, 2.75) is 32.1 Å². The molecule has 1 aliphatic carbocycles. The van der Waals surface area contributed by atoms with E-state index in [-0.39, 0.29) is 5.91 Å². The number of carbonyl (C=O) groups excluding carboxylic acids is 1. The molecule has 21 heavy (non-hydrogen) atoms. The number of aromatic nitrogens is 2. The first-order valence-electron chi connectivity index (χ1n) is 7.67. The first-order chi connectivity index (χ1) is 10.3. The van der Waals surface area contributed by atoms with Gasteiger partial charge >= 0.3 is 0 Å². The van der Waals surface area contributed by atoms with E-state index in [0.29, 0.717) is 5.69 Å². The van der Waals surface area contributed by atoms with E-state index in [0.717, 1.165) is 50.0 Å². The van der Waals surface area contributed by atoms with Crippen molar-refractivity contribution in [2.75, 3.05) is 13.1 Å². The van der Waals surface area contributed by atoms with Gasteiger partial charge in [0.05, 0.1) is 5.69 Å². The summed E-state index contributed by atoms with van der Waals surface area (Å²) in [5, 5.41) is 6.71. The average molecular weight is 301 g/mol. The topological polar surface area (TPSA) is 38.1 Å². The number of likely N-dealkylation sites (tertiary alicyclic amines) is 1. The van der Waals surface area contributed by atoms with Gasteiger partial charge in [0.1, 0.15) is 0 Å². The number of hydrogen-bond donors (Lipinski definition) is 0. The molecule has 4 rings (SSSR count). The average Bonchev–Trinajstić information content (AvgIpc) is 3.11. The van der Waals surface area contributed by atoms with E-state index < -0.39 is 0 Å². The van der Waals surface area contributed by atoms with Crippen LogP contribution in [0.2, 0.25) is 0 Å². The maximum atomic E-state index is 12.8. The molecule has 1 amide bonds. The van der Waals surface area contributed by atoms with Crippen LogP contribution in [0.5, 0.6) is 0 Å². The summed E-state index contributed by atoms with van der Waals surface area (Å²) in [5.74, 6) is 0.130. The molecule has 3 heterocycles. The van der Waals surface area contributed by atoms with E-state index >= 15 is 0 Å². The lowest BCUT2D eigenvalue weighted by molar-refractivity contribution is 0.0716. The van der Waals surface area contributed by atoms with Crippen molar-refractivity contribution in [3.63, 3.8) is 0 Å². The molecule has 1 aliphatic heterocycles. The first kappa shape index (κ1) is 13.1. The number of rotatable bonds is 1. The molecule has 1 saturated heterocycles. The van der Waals surface area contributed by atoms with Gasteiger partial charge in [0.25, 0.3) is 5.91 Å². The maximum Gasteiger partial charge on any atom is 0.274 e. The minimum absolute atomic E-state index is 0.130. The van der Waals surface area contributed by atoms with Crippen LogP contribution < -0.4 is 0 Å². The summed E-state index contributed by atoms with van der Waals surface area (Å²) in [5.41, 5.74) is 4.26. The quantitative estimate of drug-likeness (QED) is 0.812. The van der Waals surface area contributed by atoms with Crippen molar-refractivity contribution < 1.29 is 4.79 Å². The van der Waals surface area contributed by atoms with Gasteiger partial charge in [-0.1, -0.05) is 0 Å². The van der Waals surface area contributed by atoms with E-state index in [1.807, 2.05) is 16.6 Å². The molecule has 4 nitrogen and oxygen atoms in total. The van der Waals surface area contributed by atoms with E-state index in [9.17, 15) is 4.79 Å². The van der Waals surface area contributed by atoms with E-state index in [2.05, 4.69) is 16.5 Å². The third kappa shape index (κ3) is 2.02. The van der Waals surface area contributed by atoms with Crippen LogP contribution in [0.3, 0.4) is 0 Å². The van der Waals surface area contributed by atoms with Gasteiger partial charge in [-0.2, -0.15) is 5.10 Å². The van der Waals surface area contributed by atoms with E-state index in [1.54, 1.807) is 11.3 Å². The monoisotopic (exact) mass is 301 g/mol. The van der Waals surface area contributed by atoms with Gasteiger partial charge in [-0.15, -0.1) is 11.3 Å². The summed E-state index contributed by atoms with van der Waals surface area (Å²) in [6.45, 7) is 1.77. The van der Waals surface area contributed by atoms with Crippen LogP contribution in [-0.2, 0) is 19.9 Å². The summed E-state index contributed by atoms with van der Waals surface area (Å²) in [4.78, 5) is 16.2. The van der Waals surface area contributed by atoms with Crippen molar-refractivity contribution in [1.29, 1.82) is 0 Å². The van der Waals surface area contributed by atoms with Crippen molar-refractivity contribution in [3.8, 4) is 11.3 Å². The summed E-state index contributed by atoms with van der Waals surface area (Å²) in [6, 6.07) is 2.16. The molecular formula is C16H19N3OS. The summed E-state index contributed by atoms with van der Waals surface area (Å²) in [6.07, 6.45) is 5.45. The van der Waals surface area contributed by atoms with Gasteiger partial charge in [-0.05, 0) is 43.6 Å². The second kappa shape index (κ2) is 4.98. The van der Waals surface area contributed by atoms with Crippen molar-refractivity contribution >= 4 is 17.2 Å². The number of carbonyl (C=O) groups is 1. The van der Waals surface area contributed by atoms with Gasteiger partial charge in [0.2, 0.25) is 0 Å². The fraction of sp³-hybridized carbons (Fsp3) is 0.500. The molecule has 0 bridgehead atoms.